The summed E-state index contributed by atoms with van der Waals surface area (Å²) in [5.41, 5.74) is 8.55. The molecule has 11 aromatic rings. The van der Waals surface area contributed by atoms with Crippen molar-refractivity contribution in [1.29, 1.82) is 0 Å². The van der Waals surface area contributed by atoms with E-state index in [4.69, 9.17) is 29.8 Å². The van der Waals surface area contributed by atoms with Gasteiger partial charge in [0.25, 0.3) is 0 Å². The molecule has 0 bridgehead atoms. The first kappa shape index (κ1) is 96.5. The first-order chi connectivity index (χ1) is 60.4. The number of nitrogens with zero attached hydrogens (tertiary/aromatic N) is 12. The number of amides is 4. The van der Waals surface area contributed by atoms with E-state index in [2.05, 4.69) is 249 Å². The molecule has 3 aliphatic rings. The third-order valence-corrected chi connectivity index (χ3v) is 37.0. The molecule has 0 unspecified atom stereocenters. The second-order valence-corrected chi connectivity index (χ2v) is 51.5. The zero-order valence-corrected chi connectivity index (χ0v) is 83.3. The monoisotopic (exact) mass is 2110 g/mol. The van der Waals surface area contributed by atoms with Crippen molar-refractivity contribution >= 4 is 185 Å². The van der Waals surface area contributed by atoms with E-state index in [1.54, 1.807) is 64.0 Å². The van der Waals surface area contributed by atoms with E-state index in [0.717, 1.165) is 84.8 Å². The van der Waals surface area contributed by atoms with Gasteiger partial charge in [0.2, 0.25) is 25.6 Å². The Morgan fingerprint density at radius 1 is 0.472 bits per heavy atom. The summed E-state index contributed by atoms with van der Waals surface area (Å²) in [6, 6.07) is 74.4. The van der Waals surface area contributed by atoms with Gasteiger partial charge in [0.1, 0.15) is 31.2 Å². The van der Waals surface area contributed by atoms with E-state index in [1.165, 1.54) is 27.8 Å². The largest absolute Gasteiger partial charge is 0.534 e. The Kier molecular flexibility index (Phi) is 32.1. The van der Waals surface area contributed by atoms with Crippen LogP contribution in [0.5, 0.6) is 11.5 Å². The SMILES string of the molecule is [B]C(=O)N1CC(=O)N(c2cc(I)cc(O[Si](c3ccccc3)(c3ccccc3)C(C)(C)C)c2)C[C@@H]1CCC.[C-]#[N+]c1ccc(Cn2cncc2CN2CC(=O)N(c3cc(C)cc(I)c3)C[C@@H]2CCS(C)(=O)=O)cc1.[C-]#[N+]c1ccc(Cn2cncc2CN2CC(=O)N(c3cc(I)cc(O[Si](c4ccccc4)(c4ccccc4)C(C)(C)C)c3)C[C@@H]2CCS(C)(=O)=O)cc1. The van der Waals surface area contributed by atoms with Gasteiger partial charge in [0.15, 0.2) is 17.2 Å². The predicted molar refractivity (Wildman–Crippen MR) is 537 cm³/mol. The smallest absolute Gasteiger partial charge is 0.319 e. The molecule has 2 radical (unpaired) electrons. The number of piperazine rings is 3. The lowest BCUT2D eigenvalue weighted by molar-refractivity contribution is -0.123. The molecular formula is C97H106BI3N12O10S2Si2. The molecule has 658 valence electrons. The number of aromatic nitrogens is 4. The quantitative estimate of drug-likeness (QED) is 0.0266. The van der Waals surface area contributed by atoms with Gasteiger partial charge >= 0.3 is 16.6 Å². The molecule has 22 nitrogen and oxygen atoms in total. The maximum atomic E-state index is 14.1. The highest BCUT2D eigenvalue weighted by atomic mass is 127. The number of imidazole rings is 2. The van der Waals surface area contributed by atoms with Crippen LogP contribution in [-0.4, -0.2) is 180 Å². The Labute approximate surface area is 792 Å². The molecule has 4 amide bonds. The molecule has 5 heterocycles. The molecule has 14 rings (SSSR count). The summed E-state index contributed by atoms with van der Waals surface area (Å²) in [6.07, 6.45) is 12.1. The minimum absolute atomic E-state index is 0.00666. The van der Waals surface area contributed by atoms with Gasteiger partial charge in [-0.25, -0.2) is 36.5 Å². The summed E-state index contributed by atoms with van der Waals surface area (Å²) >= 11 is 6.82. The van der Waals surface area contributed by atoms with Gasteiger partial charge in [-0.3, -0.25) is 29.0 Å². The number of benzene rings is 9. The number of halogens is 3. The zero-order chi connectivity index (χ0) is 91.2. The van der Waals surface area contributed by atoms with E-state index >= 15 is 0 Å². The summed E-state index contributed by atoms with van der Waals surface area (Å²) in [7, 11) is -6.55. The molecule has 0 saturated carbocycles. The van der Waals surface area contributed by atoms with Gasteiger partial charge < -0.3 is 37.6 Å². The third kappa shape index (κ3) is 24.5. The number of sulfone groups is 2. The molecule has 0 aliphatic carbocycles. The highest BCUT2D eigenvalue weighted by Gasteiger charge is 2.54. The number of aryl methyl sites for hydroxylation is 1. The highest BCUT2D eigenvalue weighted by Crippen LogP contribution is 2.42. The molecule has 9 aromatic carbocycles. The first-order valence-electron chi connectivity index (χ1n) is 42.1. The van der Waals surface area contributed by atoms with E-state index in [1.807, 2.05) is 113 Å². The lowest BCUT2D eigenvalue weighted by Gasteiger charge is -2.43. The number of hydrogen-bond acceptors (Lipinski definition) is 14. The molecule has 3 atom stereocenters. The average molecular weight is 2110 g/mol. The van der Waals surface area contributed by atoms with Crippen LogP contribution in [0.4, 0.5) is 33.2 Å². The van der Waals surface area contributed by atoms with E-state index in [-0.39, 0.29) is 77.1 Å². The standard InChI is InChI=1S/C41H44IN5O4SSi.C30H34BIN2O3Si.C26H28IN5O3S/c1-41(2,3)53(38-12-8-6-9-13-38,39-14-10-7-11-15-39)51-37-23-32(42)22-35(24-37)47-28-34(20-21-52(5,49)50)45(29-40(47)48)27-36-25-44-30-46(36)26-31-16-18-33(43-4)19-17-31;1-5-12-23-20-33(28(35)21-34(23)29(31)36)24-17-22(32)18-25(19-24)37-38(30(2,3)4,26-13-8-6-9-14-26)27-15-10-7-11-16-27;1-19-10-21(27)12-24(11-19)32-16-23(8-9-36(3,34)35)30(17-26(32)33)15-25-13-29-18-31(25)14-20-4-6-22(28-2)7-5-20/h6-19,22-25,30,34H,20-21,26-29H2,1-3,5H3;6-11,13-19,23H,5,12,20-21H2,1-4H3;4-7,10-13,18,23H,8-9,14-17H2,1,3H3/t34-;2*23-/m000/s1. The van der Waals surface area contributed by atoms with Crippen molar-refractivity contribution in [2.45, 2.75) is 135 Å². The van der Waals surface area contributed by atoms with E-state index in [9.17, 15) is 36.0 Å². The maximum absolute atomic E-state index is 14.1. The van der Waals surface area contributed by atoms with Crippen LogP contribution in [0.3, 0.4) is 0 Å². The topological polar surface area (TPSA) is 219 Å². The molecule has 2 aromatic heterocycles. The number of carbonyl (C=O) groups is 4. The first-order valence-corrected chi connectivity index (χ1v) is 53.3. The molecule has 3 fully saturated rings. The summed E-state index contributed by atoms with van der Waals surface area (Å²) in [6.45, 7) is 35.4. The summed E-state index contributed by atoms with van der Waals surface area (Å²) in [5.74, 6) is 0.735. The Morgan fingerprint density at radius 2 is 0.811 bits per heavy atom. The number of carbonyl (C=O) groups excluding carboxylic acids is 4. The minimum atomic E-state index is -3.25. The Balaban J connectivity index is 0.000000178. The molecular weight excluding hydrogens is 2000 g/mol. The fourth-order valence-electron chi connectivity index (χ4n) is 17.1. The number of anilines is 3. The minimum Gasteiger partial charge on any atom is -0.534 e. The van der Waals surface area contributed by atoms with Crippen LogP contribution >= 0.6 is 67.8 Å². The van der Waals surface area contributed by atoms with Gasteiger partial charge in [-0.15, -0.1) is 0 Å². The summed E-state index contributed by atoms with van der Waals surface area (Å²) < 4.78 is 70.4. The van der Waals surface area contributed by atoms with Crippen LogP contribution in [0.1, 0.15) is 102 Å². The zero-order valence-electron chi connectivity index (χ0n) is 73.2. The van der Waals surface area contributed by atoms with Gasteiger partial charge in [0.05, 0.1) is 68.3 Å². The Bertz CT molecular complexity index is 5920. The van der Waals surface area contributed by atoms with Crippen molar-refractivity contribution < 1.29 is 44.9 Å². The van der Waals surface area contributed by atoms with Crippen molar-refractivity contribution in [1.82, 2.24) is 33.8 Å². The predicted octanol–water partition coefficient (Wildman–Crippen LogP) is 16.1. The molecule has 0 N–H and O–H groups in total. The normalized spacial score (nSPS) is 16.2. The summed E-state index contributed by atoms with van der Waals surface area (Å²) in [4.78, 5) is 79.2. The lowest BCUT2D eigenvalue weighted by atomic mass is 10.0. The Hall–Kier alpha value is -9.63. The van der Waals surface area contributed by atoms with E-state index in [0.29, 0.717) is 75.8 Å². The van der Waals surface area contributed by atoms with Gasteiger partial charge in [-0.2, -0.15) is 0 Å². The molecule has 127 heavy (non-hydrogen) atoms. The fourth-order valence-corrected chi connectivity index (χ4v) is 29.3. The summed E-state index contributed by atoms with van der Waals surface area (Å²) in [5, 5.41) is 4.25. The van der Waals surface area contributed by atoms with Crippen LogP contribution in [-0.2, 0) is 60.2 Å². The fraction of sp³-hybridized carbons (Fsp3) is 0.320. The number of hydrogen-bond donors (Lipinski definition) is 0. The van der Waals surface area contributed by atoms with Gasteiger partial charge in [-0.1, -0.05) is 225 Å². The maximum Gasteiger partial charge on any atom is 0.319 e. The average Bonchev–Trinajstić information content (AvgIpc) is 1.53. The lowest BCUT2D eigenvalue weighted by Crippen LogP contribution is -2.68. The van der Waals surface area contributed by atoms with Crippen molar-refractivity contribution in [3.05, 3.63) is 311 Å². The number of rotatable bonds is 27. The van der Waals surface area contributed by atoms with Gasteiger partial charge in [0, 0.05) is 129 Å². The van der Waals surface area contributed by atoms with E-state index < -0.39 is 42.1 Å². The van der Waals surface area contributed by atoms with Crippen molar-refractivity contribution in [3.63, 3.8) is 0 Å². The van der Waals surface area contributed by atoms with Gasteiger partial charge in [-0.05, 0) is 184 Å². The van der Waals surface area contributed by atoms with Crippen molar-refractivity contribution in [2.24, 2.45) is 0 Å². The molecule has 3 saturated heterocycles. The second-order valence-electron chi connectivity index (χ2n) is 34.8. The van der Waals surface area contributed by atoms with Crippen LogP contribution in [0.15, 0.2) is 250 Å². The second kappa shape index (κ2) is 42.3. The van der Waals surface area contributed by atoms with Crippen LogP contribution in [0.2, 0.25) is 10.1 Å². The van der Waals surface area contributed by atoms with Crippen LogP contribution in [0, 0.1) is 30.8 Å². The molecule has 0 spiro atoms. The highest BCUT2D eigenvalue weighted by molar-refractivity contribution is 14.1. The third-order valence-electron chi connectivity index (χ3n) is 23.3. The van der Waals surface area contributed by atoms with Crippen LogP contribution < -0.4 is 44.3 Å². The molecule has 30 heteroatoms. The van der Waals surface area contributed by atoms with Crippen LogP contribution in [0.25, 0.3) is 9.69 Å². The van der Waals surface area contributed by atoms with Crippen molar-refractivity contribution in [2.75, 3.05) is 78.0 Å². The Morgan fingerprint density at radius 3 is 1.13 bits per heavy atom. The molecule has 3 aliphatic heterocycles. The van der Waals surface area contributed by atoms with Crippen molar-refractivity contribution in [3.8, 4) is 11.5 Å².